The third-order valence-corrected chi connectivity index (χ3v) is 5.79. The molecule has 1 fully saturated rings. The fraction of sp³-hybridized carbons (Fsp3) is 0.708. The Morgan fingerprint density at radius 1 is 1.13 bits per heavy atom. The summed E-state index contributed by atoms with van der Waals surface area (Å²) >= 11 is 0. The third kappa shape index (κ3) is 7.17. The largest absolute Gasteiger partial charge is 0.497 e. The minimum absolute atomic E-state index is 0.105. The van der Waals surface area contributed by atoms with Gasteiger partial charge in [-0.25, -0.2) is 0 Å². The van der Waals surface area contributed by atoms with Gasteiger partial charge in [0.1, 0.15) is 12.4 Å². The number of esters is 1. The van der Waals surface area contributed by atoms with Crippen LogP contribution in [0.4, 0.5) is 0 Å². The maximum absolute atomic E-state index is 12.3. The van der Waals surface area contributed by atoms with Gasteiger partial charge < -0.3 is 28.8 Å². The second-order valence-electron chi connectivity index (χ2n) is 9.35. The number of rotatable bonds is 9. The van der Waals surface area contributed by atoms with E-state index in [4.69, 9.17) is 23.7 Å². The van der Waals surface area contributed by atoms with Crippen molar-refractivity contribution in [2.75, 3.05) is 20.8 Å². The van der Waals surface area contributed by atoms with Crippen molar-refractivity contribution in [1.29, 1.82) is 0 Å². The Kier molecular flexibility index (Phi) is 9.30. The van der Waals surface area contributed by atoms with E-state index in [2.05, 4.69) is 0 Å². The SMILES string of the molecule is COc1ccc(CO[C@@H](COC(=O)C(C)(C)C)C[C@H]2O[C@H](OC)[C@@H](C)[C@H](O)[C@@H]2C)cc1. The van der Waals surface area contributed by atoms with Crippen LogP contribution in [-0.2, 0) is 30.3 Å². The van der Waals surface area contributed by atoms with E-state index in [9.17, 15) is 9.90 Å². The van der Waals surface area contributed by atoms with Crippen molar-refractivity contribution in [3.8, 4) is 5.75 Å². The number of ether oxygens (including phenoxy) is 5. The number of carbonyl (C=O) groups is 1. The smallest absolute Gasteiger partial charge is 0.311 e. The molecule has 0 aliphatic carbocycles. The molecule has 0 amide bonds. The molecule has 31 heavy (non-hydrogen) atoms. The van der Waals surface area contributed by atoms with Gasteiger partial charge in [0.15, 0.2) is 6.29 Å². The van der Waals surface area contributed by atoms with Crippen molar-refractivity contribution in [3.63, 3.8) is 0 Å². The Bertz CT molecular complexity index is 680. The van der Waals surface area contributed by atoms with Gasteiger partial charge in [-0.15, -0.1) is 0 Å². The van der Waals surface area contributed by atoms with Crippen LogP contribution >= 0.6 is 0 Å². The van der Waals surface area contributed by atoms with Crippen molar-refractivity contribution >= 4 is 5.97 Å². The molecule has 1 N–H and O–H groups in total. The summed E-state index contributed by atoms with van der Waals surface area (Å²) in [6.07, 6.45) is -1.25. The van der Waals surface area contributed by atoms with Crippen molar-refractivity contribution in [1.82, 2.24) is 0 Å². The zero-order valence-corrected chi connectivity index (χ0v) is 19.8. The fourth-order valence-corrected chi connectivity index (χ4v) is 3.58. The summed E-state index contributed by atoms with van der Waals surface area (Å²) in [4.78, 5) is 12.3. The fourth-order valence-electron chi connectivity index (χ4n) is 3.58. The molecule has 1 aliphatic rings. The first-order valence-electron chi connectivity index (χ1n) is 10.8. The molecule has 1 heterocycles. The standard InChI is InChI=1S/C24H38O7/c1-15-20(31-22(28-7)16(2)21(15)25)12-19(14-30-23(26)24(3,4)5)29-13-17-8-10-18(27-6)11-9-17/h8-11,15-16,19-22,25H,12-14H2,1-7H3/t15-,16+,19-,20-,21-,22+/m1/s1. The normalized spacial score (nSPS) is 27.5. The second kappa shape index (κ2) is 11.3. The van der Waals surface area contributed by atoms with Crippen molar-refractivity contribution in [2.24, 2.45) is 17.3 Å². The molecular weight excluding hydrogens is 400 g/mol. The highest BCUT2D eigenvalue weighted by Gasteiger charge is 2.41. The van der Waals surface area contributed by atoms with Gasteiger partial charge in [0.25, 0.3) is 0 Å². The van der Waals surface area contributed by atoms with Gasteiger partial charge in [-0.05, 0) is 38.5 Å². The molecule has 0 bridgehead atoms. The predicted molar refractivity (Wildman–Crippen MR) is 117 cm³/mol. The van der Waals surface area contributed by atoms with Gasteiger partial charge in [-0.1, -0.05) is 26.0 Å². The van der Waals surface area contributed by atoms with E-state index in [1.165, 1.54) is 0 Å². The summed E-state index contributed by atoms with van der Waals surface area (Å²) in [6, 6.07) is 7.62. The lowest BCUT2D eigenvalue weighted by Crippen LogP contribution is -2.50. The maximum Gasteiger partial charge on any atom is 0.311 e. The molecule has 1 aromatic rings. The Hall–Kier alpha value is -1.67. The van der Waals surface area contributed by atoms with Crippen molar-refractivity contribution in [3.05, 3.63) is 29.8 Å². The molecule has 0 saturated carbocycles. The zero-order chi connectivity index (χ0) is 23.2. The summed E-state index contributed by atoms with van der Waals surface area (Å²) in [7, 11) is 3.20. The minimum Gasteiger partial charge on any atom is -0.497 e. The number of aliphatic hydroxyl groups excluding tert-OH is 1. The van der Waals surface area contributed by atoms with Crippen LogP contribution in [0.5, 0.6) is 5.75 Å². The molecule has 176 valence electrons. The average Bonchev–Trinajstić information content (AvgIpc) is 2.75. The van der Waals surface area contributed by atoms with Gasteiger partial charge in [0.05, 0.1) is 37.4 Å². The molecule has 0 aromatic heterocycles. The molecular formula is C24H38O7. The first-order chi connectivity index (χ1) is 14.6. The zero-order valence-electron chi connectivity index (χ0n) is 19.8. The van der Waals surface area contributed by atoms with Crippen LogP contribution in [0.15, 0.2) is 24.3 Å². The monoisotopic (exact) mass is 438 g/mol. The Morgan fingerprint density at radius 2 is 1.77 bits per heavy atom. The number of hydrogen-bond donors (Lipinski definition) is 1. The number of benzene rings is 1. The molecule has 0 spiro atoms. The van der Waals surface area contributed by atoms with Crippen LogP contribution in [0, 0.1) is 17.3 Å². The number of aliphatic hydroxyl groups is 1. The molecule has 2 rings (SSSR count). The van der Waals surface area contributed by atoms with Crippen LogP contribution in [0.2, 0.25) is 0 Å². The number of hydrogen-bond acceptors (Lipinski definition) is 7. The van der Waals surface area contributed by atoms with E-state index < -0.39 is 17.8 Å². The number of methoxy groups -OCH3 is 2. The Balaban J connectivity index is 2.07. The molecule has 7 nitrogen and oxygen atoms in total. The lowest BCUT2D eigenvalue weighted by atomic mass is 9.84. The molecule has 1 aliphatic heterocycles. The number of carbonyl (C=O) groups excluding carboxylic acids is 1. The molecule has 7 heteroatoms. The van der Waals surface area contributed by atoms with Gasteiger partial charge in [0, 0.05) is 25.4 Å². The molecule has 1 aromatic carbocycles. The third-order valence-electron chi connectivity index (χ3n) is 5.79. The van der Waals surface area contributed by atoms with Gasteiger partial charge in [-0.2, -0.15) is 0 Å². The van der Waals surface area contributed by atoms with Crippen LogP contribution in [-0.4, -0.2) is 56.5 Å². The average molecular weight is 439 g/mol. The topological polar surface area (TPSA) is 83.5 Å². The second-order valence-corrected chi connectivity index (χ2v) is 9.35. The van der Waals surface area contributed by atoms with Crippen LogP contribution in [0.3, 0.4) is 0 Å². The van der Waals surface area contributed by atoms with E-state index in [1.54, 1.807) is 14.2 Å². The summed E-state index contributed by atoms with van der Waals surface area (Å²) in [6.45, 7) is 9.78. The maximum atomic E-state index is 12.3. The lowest BCUT2D eigenvalue weighted by Gasteiger charge is -2.42. The van der Waals surface area contributed by atoms with Gasteiger partial charge >= 0.3 is 5.97 Å². The van der Waals surface area contributed by atoms with Gasteiger partial charge in [0.2, 0.25) is 0 Å². The highest BCUT2D eigenvalue weighted by atomic mass is 16.7. The van der Waals surface area contributed by atoms with Crippen LogP contribution in [0.25, 0.3) is 0 Å². The Labute approximate surface area is 186 Å². The quantitative estimate of drug-likeness (QED) is 0.590. The highest BCUT2D eigenvalue weighted by molar-refractivity contribution is 5.75. The van der Waals surface area contributed by atoms with E-state index >= 15 is 0 Å². The summed E-state index contributed by atoms with van der Waals surface area (Å²) < 4.78 is 28.4. The van der Waals surface area contributed by atoms with E-state index in [0.29, 0.717) is 13.0 Å². The van der Waals surface area contributed by atoms with Crippen LogP contribution < -0.4 is 4.74 Å². The van der Waals surface area contributed by atoms with E-state index in [0.717, 1.165) is 11.3 Å². The first-order valence-corrected chi connectivity index (χ1v) is 10.8. The van der Waals surface area contributed by atoms with Crippen molar-refractivity contribution in [2.45, 2.75) is 72.2 Å². The predicted octanol–water partition coefficient (Wildman–Crippen LogP) is 3.56. The van der Waals surface area contributed by atoms with Crippen molar-refractivity contribution < 1.29 is 33.6 Å². The minimum atomic E-state index is -0.595. The summed E-state index contributed by atoms with van der Waals surface area (Å²) in [5.41, 5.74) is 0.385. The Morgan fingerprint density at radius 3 is 2.32 bits per heavy atom. The molecule has 6 atom stereocenters. The summed E-state index contributed by atoms with van der Waals surface area (Å²) in [5.74, 6) is 0.254. The molecule has 0 unspecified atom stereocenters. The van der Waals surface area contributed by atoms with E-state index in [1.807, 2.05) is 58.9 Å². The van der Waals surface area contributed by atoms with Gasteiger partial charge in [-0.3, -0.25) is 4.79 Å². The highest BCUT2D eigenvalue weighted by Crippen LogP contribution is 2.33. The molecule has 0 radical (unpaired) electrons. The summed E-state index contributed by atoms with van der Waals surface area (Å²) in [5, 5.41) is 10.6. The van der Waals surface area contributed by atoms with E-state index in [-0.39, 0.29) is 36.6 Å². The first kappa shape index (κ1) is 25.6. The lowest BCUT2D eigenvalue weighted by molar-refractivity contribution is -0.259. The molecule has 1 saturated heterocycles. The van der Waals surface area contributed by atoms with Crippen LogP contribution in [0.1, 0.15) is 46.6 Å².